The molecule has 1 atom stereocenters. The van der Waals surface area contributed by atoms with E-state index in [1.54, 1.807) is 24.3 Å². The van der Waals surface area contributed by atoms with Crippen LogP contribution in [0.2, 0.25) is 0 Å². The van der Waals surface area contributed by atoms with E-state index in [-0.39, 0.29) is 4.90 Å². The van der Waals surface area contributed by atoms with Gasteiger partial charge in [-0.15, -0.1) is 0 Å². The molecule has 0 amide bonds. The SMILES string of the molecule is CCOc1ccc(S(=O)(=O)NCC2CCN(c3ccc(C)c(C)c3)C2)cc1. The Kier molecular flexibility index (Phi) is 6.07. The fraction of sp³-hybridized carbons (Fsp3) is 0.429. The lowest BCUT2D eigenvalue weighted by atomic mass is 10.1. The molecule has 3 rings (SSSR count). The van der Waals surface area contributed by atoms with Crippen LogP contribution < -0.4 is 14.4 Å². The molecule has 146 valence electrons. The molecule has 1 unspecified atom stereocenters. The van der Waals surface area contributed by atoms with Gasteiger partial charge in [-0.3, -0.25) is 0 Å². The average molecular weight is 389 g/mol. The first-order valence-corrected chi connectivity index (χ1v) is 10.9. The van der Waals surface area contributed by atoms with E-state index in [2.05, 4.69) is 41.7 Å². The van der Waals surface area contributed by atoms with Crippen molar-refractivity contribution in [3.05, 3.63) is 53.6 Å². The molecule has 1 aliphatic rings. The number of hydrogen-bond acceptors (Lipinski definition) is 4. The molecule has 0 saturated carbocycles. The predicted molar refractivity (Wildman–Crippen MR) is 109 cm³/mol. The van der Waals surface area contributed by atoms with Crippen molar-refractivity contribution >= 4 is 15.7 Å². The zero-order valence-electron chi connectivity index (χ0n) is 16.2. The van der Waals surface area contributed by atoms with Gasteiger partial charge in [0.2, 0.25) is 10.0 Å². The minimum atomic E-state index is -3.50. The molecule has 2 aromatic carbocycles. The van der Waals surface area contributed by atoms with Gasteiger partial charge in [-0.05, 0) is 80.6 Å². The molecule has 0 aliphatic carbocycles. The number of aryl methyl sites for hydroxylation is 2. The third-order valence-electron chi connectivity index (χ3n) is 5.15. The molecule has 1 heterocycles. The molecule has 5 nitrogen and oxygen atoms in total. The zero-order valence-corrected chi connectivity index (χ0v) is 17.1. The van der Waals surface area contributed by atoms with Crippen LogP contribution >= 0.6 is 0 Å². The summed E-state index contributed by atoms with van der Waals surface area (Å²) in [6.45, 7) is 8.97. The van der Waals surface area contributed by atoms with Crippen LogP contribution in [0.25, 0.3) is 0 Å². The third-order valence-corrected chi connectivity index (χ3v) is 6.59. The first kappa shape index (κ1) is 19.7. The molecule has 27 heavy (non-hydrogen) atoms. The maximum absolute atomic E-state index is 12.5. The Hall–Kier alpha value is -2.05. The van der Waals surface area contributed by atoms with Crippen LogP contribution in [0.15, 0.2) is 47.4 Å². The quantitative estimate of drug-likeness (QED) is 0.789. The summed E-state index contributed by atoms with van der Waals surface area (Å²) in [7, 11) is -3.50. The number of nitrogens with one attached hydrogen (secondary N) is 1. The lowest BCUT2D eigenvalue weighted by molar-refractivity contribution is 0.340. The van der Waals surface area contributed by atoms with Gasteiger partial charge in [0.1, 0.15) is 5.75 Å². The van der Waals surface area contributed by atoms with Gasteiger partial charge in [0.25, 0.3) is 0 Å². The Bertz CT molecular complexity index is 879. The van der Waals surface area contributed by atoms with E-state index in [0.29, 0.717) is 24.8 Å². The summed E-state index contributed by atoms with van der Waals surface area (Å²) in [5.41, 5.74) is 3.79. The number of anilines is 1. The minimum absolute atomic E-state index is 0.273. The van der Waals surface area contributed by atoms with Gasteiger partial charge in [0, 0.05) is 25.3 Å². The van der Waals surface area contributed by atoms with Gasteiger partial charge in [-0.1, -0.05) is 6.07 Å². The van der Waals surface area contributed by atoms with Gasteiger partial charge in [-0.25, -0.2) is 13.1 Å². The van der Waals surface area contributed by atoms with E-state index in [0.717, 1.165) is 19.5 Å². The molecular weight excluding hydrogens is 360 g/mol. The highest BCUT2D eigenvalue weighted by Gasteiger charge is 2.25. The van der Waals surface area contributed by atoms with Crippen LogP contribution in [-0.4, -0.2) is 34.7 Å². The van der Waals surface area contributed by atoms with Crippen molar-refractivity contribution in [1.82, 2.24) is 4.72 Å². The van der Waals surface area contributed by atoms with Crippen LogP contribution in [0.3, 0.4) is 0 Å². The van der Waals surface area contributed by atoms with Gasteiger partial charge in [-0.2, -0.15) is 0 Å². The molecule has 1 N–H and O–H groups in total. The van der Waals surface area contributed by atoms with Crippen molar-refractivity contribution < 1.29 is 13.2 Å². The van der Waals surface area contributed by atoms with E-state index in [1.807, 2.05) is 6.92 Å². The second-order valence-electron chi connectivity index (χ2n) is 7.13. The molecule has 1 fully saturated rings. The molecule has 1 aliphatic heterocycles. The van der Waals surface area contributed by atoms with Crippen molar-refractivity contribution in [2.45, 2.75) is 32.1 Å². The van der Waals surface area contributed by atoms with Crippen molar-refractivity contribution in [3.8, 4) is 5.75 Å². The van der Waals surface area contributed by atoms with Crippen molar-refractivity contribution in [1.29, 1.82) is 0 Å². The van der Waals surface area contributed by atoms with E-state index >= 15 is 0 Å². The normalized spacial score (nSPS) is 17.3. The predicted octanol–water partition coefficient (Wildman–Crippen LogP) is 3.51. The van der Waals surface area contributed by atoms with Crippen molar-refractivity contribution in [2.24, 2.45) is 5.92 Å². The standard InChI is InChI=1S/C21H28N2O3S/c1-4-26-20-7-9-21(10-8-20)27(24,25)22-14-18-11-12-23(15-18)19-6-5-16(2)17(3)13-19/h5-10,13,18,22H,4,11-12,14-15H2,1-3H3. The maximum atomic E-state index is 12.5. The number of nitrogens with zero attached hydrogens (tertiary/aromatic N) is 1. The topological polar surface area (TPSA) is 58.6 Å². The van der Waals surface area contributed by atoms with E-state index < -0.39 is 10.0 Å². The van der Waals surface area contributed by atoms with Crippen LogP contribution in [0.1, 0.15) is 24.5 Å². The maximum Gasteiger partial charge on any atom is 0.240 e. The van der Waals surface area contributed by atoms with Crippen molar-refractivity contribution in [3.63, 3.8) is 0 Å². The molecule has 1 saturated heterocycles. The van der Waals surface area contributed by atoms with Crippen LogP contribution in [0, 0.1) is 19.8 Å². The summed E-state index contributed by atoms with van der Waals surface area (Å²) < 4.78 is 33.2. The largest absolute Gasteiger partial charge is 0.494 e. The Labute approximate surface area is 162 Å². The highest BCUT2D eigenvalue weighted by molar-refractivity contribution is 7.89. The van der Waals surface area contributed by atoms with Crippen molar-refractivity contribution in [2.75, 3.05) is 31.1 Å². The van der Waals surface area contributed by atoms with Gasteiger partial charge >= 0.3 is 0 Å². The second kappa shape index (κ2) is 8.31. The Morgan fingerprint density at radius 1 is 1.11 bits per heavy atom. The average Bonchev–Trinajstić information content (AvgIpc) is 3.12. The molecule has 0 aromatic heterocycles. The Balaban J connectivity index is 1.57. The summed E-state index contributed by atoms with van der Waals surface area (Å²) in [4.78, 5) is 2.61. The lowest BCUT2D eigenvalue weighted by Crippen LogP contribution is -2.31. The minimum Gasteiger partial charge on any atom is -0.494 e. The summed E-state index contributed by atoms with van der Waals surface area (Å²) in [6, 6.07) is 13.1. The molecule has 0 radical (unpaired) electrons. The molecule has 2 aromatic rings. The van der Waals surface area contributed by atoms with Crippen LogP contribution in [0.5, 0.6) is 5.75 Å². The van der Waals surface area contributed by atoms with E-state index in [9.17, 15) is 8.42 Å². The van der Waals surface area contributed by atoms with E-state index in [4.69, 9.17) is 4.74 Å². The van der Waals surface area contributed by atoms with E-state index in [1.165, 1.54) is 16.8 Å². The Morgan fingerprint density at radius 3 is 2.52 bits per heavy atom. The van der Waals surface area contributed by atoms with Gasteiger partial charge < -0.3 is 9.64 Å². The first-order chi connectivity index (χ1) is 12.9. The highest BCUT2D eigenvalue weighted by atomic mass is 32.2. The number of benzene rings is 2. The van der Waals surface area contributed by atoms with Crippen LogP contribution in [0.4, 0.5) is 5.69 Å². The molecule has 0 spiro atoms. The number of sulfonamides is 1. The fourth-order valence-electron chi connectivity index (χ4n) is 3.35. The third kappa shape index (κ3) is 4.82. The Morgan fingerprint density at radius 2 is 1.85 bits per heavy atom. The zero-order chi connectivity index (χ0) is 19.4. The summed E-state index contributed by atoms with van der Waals surface area (Å²) >= 11 is 0. The van der Waals surface area contributed by atoms with Crippen LogP contribution in [-0.2, 0) is 10.0 Å². The number of hydrogen-bond donors (Lipinski definition) is 1. The number of rotatable bonds is 7. The first-order valence-electron chi connectivity index (χ1n) is 9.44. The molecule has 0 bridgehead atoms. The lowest BCUT2D eigenvalue weighted by Gasteiger charge is -2.20. The smallest absolute Gasteiger partial charge is 0.240 e. The fourth-order valence-corrected chi connectivity index (χ4v) is 4.46. The molecular formula is C21H28N2O3S. The summed E-state index contributed by atoms with van der Waals surface area (Å²) in [5.74, 6) is 0.986. The van der Waals surface area contributed by atoms with Gasteiger partial charge in [0.05, 0.1) is 11.5 Å². The second-order valence-corrected chi connectivity index (χ2v) is 8.89. The molecule has 6 heteroatoms. The monoisotopic (exact) mass is 388 g/mol. The van der Waals surface area contributed by atoms with Gasteiger partial charge in [0.15, 0.2) is 0 Å². The summed E-state index contributed by atoms with van der Waals surface area (Å²) in [6.07, 6.45) is 0.985. The number of ether oxygens (including phenoxy) is 1. The summed E-state index contributed by atoms with van der Waals surface area (Å²) in [5, 5.41) is 0. The highest BCUT2D eigenvalue weighted by Crippen LogP contribution is 2.26.